The Balaban J connectivity index is 2.11. The fourth-order valence-corrected chi connectivity index (χ4v) is 1.74. The molecule has 2 rings (SSSR count). The summed E-state index contributed by atoms with van der Waals surface area (Å²) in [6, 6.07) is 3.29. The van der Waals surface area contributed by atoms with Crippen LogP contribution in [0.5, 0.6) is 0 Å². The summed E-state index contributed by atoms with van der Waals surface area (Å²) in [5, 5.41) is 6.24. The normalized spacial score (nSPS) is 14.6. The van der Waals surface area contributed by atoms with E-state index in [2.05, 4.69) is 15.6 Å². The quantitative estimate of drug-likeness (QED) is 0.817. The van der Waals surface area contributed by atoms with E-state index in [0.29, 0.717) is 12.2 Å². The molecule has 1 aliphatic heterocycles. The van der Waals surface area contributed by atoms with Crippen molar-refractivity contribution in [3.8, 4) is 0 Å². The monoisotopic (exact) mass is 221 g/mol. The lowest BCUT2D eigenvalue weighted by molar-refractivity contribution is 0.629. The van der Waals surface area contributed by atoms with Gasteiger partial charge in [-0.3, -0.25) is 4.99 Å². The van der Waals surface area contributed by atoms with E-state index in [1.54, 1.807) is 6.07 Å². The predicted octanol–water partition coefficient (Wildman–Crippen LogP) is 1.86. The van der Waals surface area contributed by atoms with Crippen molar-refractivity contribution in [3.05, 3.63) is 29.1 Å². The van der Waals surface area contributed by atoms with Crippen LogP contribution in [-0.4, -0.2) is 25.5 Å². The first-order valence-corrected chi connectivity index (χ1v) is 5.45. The molecule has 0 bridgehead atoms. The molecule has 0 saturated heterocycles. The summed E-state index contributed by atoms with van der Waals surface area (Å²) in [4.78, 5) is 4.25. The second kappa shape index (κ2) is 4.51. The summed E-state index contributed by atoms with van der Waals surface area (Å²) in [6.07, 6.45) is 0. The Labute approximate surface area is 94.8 Å². The standard InChI is InChI=1S/C12H16FN3/c1-8-3-4-10(13)12(9(8)2)16-7-11-14-5-6-15-11/h3-4,16H,5-7H2,1-2H3,(H,14,15). The van der Waals surface area contributed by atoms with Gasteiger partial charge in [-0.15, -0.1) is 0 Å². The first-order valence-electron chi connectivity index (χ1n) is 5.45. The lowest BCUT2D eigenvalue weighted by atomic mass is 10.1. The number of hydrogen-bond donors (Lipinski definition) is 2. The van der Waals surface area contributed by atoms with Gasteiger partial charge in [-0.1, -0.05) is 6.07 Å². The Morgan fingerprint density at radius 2 is 2.25 bits per heavy atom. The van der Waals surface area contributed by atoms with Crippen molar-refractivity contribution >= 4 is 11.5 Å². The highest BCUT2D eigenvalue weighted by Gasteiger charge is 2.09. The van der Waals surface area contributed by atoms with Gasteiger partial charge in [0.2, 0.25) is 0 Å². The highest BCUT2D eigenvalue weighted by Crippen LogP contribution is 2.22. The number of aliphatic imine (C=N–C) groups is 1. The summed E-state index contributed by atoms with van der Waals surface area (Å²) < 4.78 is 13.6. The molecule has 1 aliphatic rings. The molecule has 0 atom stereocenters. The highest BCUT2D eigenvalue weighted by atomic mass is 19.1. The van der Waals surface area contributed by atoms with Crippen LogP contribution in [0, 0.1) is 19.7 Å². The van der Waals surface area contributed by atoms with Crippen molar-refractivity contribution < 1.29 is 4.39 Å². The summed E-state index contributed by atoms with van der Waals surface area (Å²) in [5.74, 6) is 0.696. The van der Waals surface area contributed by atoms with E-state index in [1.165, 1.54) is 6.07 Å². The van der Waals surface area contributed by atoms with Crippen molar-refractivity contribution in [2.24, 2.45) is 4.99 Å². The second-order valence-corrected chi connectivity index (χ2v) is 3.97. The van der Waals surface area contributed by atoms with Crippen molar-refractivity contribution in [1.82, 2.24) is 5.32 Å². The van der Waals surface area contributed by atoms with Gasteiger partial charge in [0.05, 0.1) is 18.8 Å². The molecule has 0 amide bonds. The fraction of sp³-hybridized carbons (Fsp3) is 0.417. The van der Waals surface area contributed by atoms with Crippen LogP contribution in [0.1, 0.15) is 11.1 Å². The first kappa shape index (κ1) is 10.9. The number of halogens is 1. The minimum Gasteiger partial charge on any atom is -0.375 e. The molecule has 1 aromatic carbocycles. The van der Waals surface area contributed by atoms with Crippen LogP contribution in [0.3, 0.4) is 0 Å². The topological polar surface area (TPSA) is 36.4 Å². The fourth-order valence-electron chi connectivity index (χ4n) is 1.74. The summed E-state index contributed by atoms with van der Waals surface area (Å²) in [7, 11) is 0. The summed E-state index contributed by atoms with van der Waals surface area (Å²) >= 11 is 0. The Morgan fingerprint density at radius 1 is 1.44 bits per heavy atom. The molecular formula is C12H16FN3. The zero-order valence-electron chi connectivity index (χ0n) is 9.60. The third-order valence-electron chi connectivity index (χ3n) is 2.86. The van der Waals surface area contributed by atoms with E-state index in [9.17, 15) is 4.39 Å². The van der Waals surface area contributed by atoms with E-state index < -0.39 is 0 Å². The molecule has 0 aliphatic carbocycles. The van der Waals surface area contributed by atoms with Crippen molar-refractivity contribution in [2.45, 2.75) is 13.8 Å². The van der Waals surface area contributed by atoms with Crippen LogP contribution < -0.4 is 10.6 Å². The van der Waals surface area contributed by atoms with E-state index in [-0.39, 0.29) is 5.82 Å². The van der Waals surface area contributed by atoms with Gasteiger partial charge < -0.3 is 10.6 Å². The molecule has 2 N–H and O–H groups in total. The molecule has 1 heterocycles. The van der Waals surface area contributed by atoms with Gasteiger partial charge >= 0.3 is 0 Å². The third-order valence-corrected chi connectivity index (χ3v) is 2.86. The van der Waals surface area contributed by atoms with Crippen molar-refractivity contribution in [2.75, 3.05) is 25.0 Å². The predicted molar refractivity (Wildman–Crippen MR) is 64.7 cm³/mol. The maximum Gasteiger partial charge on any atom is 0.146 e. The number of nitrogens with zero attached hydrogens (tertiary/aromatic N) is 1. The van der Waals surface area contributed by atoms with Crippen molar-refractivity contribution in [1.29, 1.82) is 0 Å². The molecule has 16 heavy (non-hydrogen) atoms. The molecule has 86 valence electrons. The lowest BCUT2D eigenvalue weighted by Crippen LogP contribution is -2.26. The van der Waals surface area contributed by atoms with Gasteiger partial charge in [0.15, 0.2) is 0 Å². The molecule has 0 fully saturated rings. The smallest absolute Gasteiger partial charge is 0.146 e. The number of nitrogens with one attached hydrogen (secondary N) is 2. The van der Waals surface area contributed by atoms with E-state index in [0.717, 1.165) is 30.1 Å². The minimum atomic E-state index is -0.207. The number of aryl methyl sites for hydroxylation is 1. The van der Waals surface area contributed by atoms with Crippen LogP contribution in [-0.2, 0) is 0 Å². The van der Waals surface area contributed by atoms with Crippen LogP contribution in [0.25, 0.3) is 0 Å². The average molecular weight is 221 g/mol. The molecule has 3 nitrogen and oxygen atoms in total. The molecule has 1 aromatic rings. The van der Waals surface area contributed by atoms with Gasteiger partial charge in [0.1, 0.15) is 11.7 Å². The Morgan fingerprint density at radius 3 is 2.94 bits per heavy atom. The zero-order valence-corrected chi connectivity index (χ0v) is 9.60. The van der Waals surface area contributed by atoms with Gasteiger partial charge in [0.25, 0.3) is 0 Å². The molecular weight excluding hydrogens is 205 g/mol. The molecule has 0 radical (unpaired) electrons. The molecule has 0 aromatic heterocycles. The number of hydrogen-bond acceptors (Lipinski definition) is 3. The largest absolute Gasteiger partial charge is 0.375 e. The molecule has 0 spiro atoms. The van der Waals surface area contributed by atoms with Crippen LogP contribution in [0.4, 0.5) is 10.1 Å². The van der Waals surface area contributed by atoms with Gasteiger partial charge in [-0.2, -0.15) is 0 Å². The Hall–Kier alpha value is -1.58. The number of amidine groups is 1. The average Bonchev–Trinajstić information content (AvgIpc) is 2.77. The molecule has 4 heteroatoms. The summed E-state index contributed by atoms with van der Waals surface area (Å²) in [6.45, 7) is 6.15. The maximum atomic E-state index is 13.6. The second-order valence-electron chi connectivity index (χ2n) is 3.97. The zero-order chi connectivity index (χ0) is 11.5. The Kier molecular flexibility index (Phi) is 3.08. The van der Waals surface area contributed by atoms with E-state index in [1.807, 2.05) is 13.8 Å². The van der Waals surface area contributed by atoms with Crippen LogP contribution in [0.15, 0.2) is 17.1 Å². The van der Waals surface area contributed by atoms with Gasteiger partial charge in [0, 0.05) is 6.54 Å². The number of benzene rings is 1. The lowest BCUT2D eigenvalue weighted by Gasteiger charge is -2.12. The highest BCUT2D eigenvalue weighted by molar-refractivity contribution is 5.87. The van der Waals surface area contributed by atoms with Crippen LogP contribution >= 0.6 is 0 Å². The van der Waals surface area contributed by atoms with Gasteiger partial charge in [-0.25, -0.2) is 4.39 Å². The minimum absolute atomic E-state index is 0.207. The van der Waals surface area contributed by atoms with E-state index >= 15 is 0 Å². The third kappa shape index (κ3) is 2.15. The number of rotatable bonds is 3. The van der Waals surface area contributed by atoms with Gasteiger partial charge in [-0.05, 0) is 31.0 Å². The molecule has 0 unspecified atom stereocenters. The Bertz CT molecular complexity index is 427. The number of anilines is 1. The van der Waals surface area contributed by atoms with Crippen LogP contribution in [0.2, 0.25) is 0 Å². The molecule has 0 saturated carbocycles. The summed E-state index contributed by atoms with van der Waals surface area (Å²) in [5.41, 5.74) is 2.63. The van der Waals surface area contributed by atoms with Crippen molar-refractivity contribution in [3.63, 3.8) is 0 Å². The maximum absolute atomic E-state index is 13.6. The first-order chi connectivity index (χ1) is 7.68. The van der Waals surface area contributed by atoms with E-state index in [4.69, 9.17) is 0 Å². The SMILES string of the molecule is Cc1ccc(F)c(NCC2=NCCN2)c1C.